The van der Waals surface area contributed by atoms with Crippen LogP contribution in [0.15, 0.2) is 84.9 Å². The zero-order valence-corrected chi connectivity index (χ0v) is 19.4. The van der Waals surface area contributed by atoms with Crippen LogP contribution in [0.25, 0.3) is 0 Å². The molecule has 8 nitrogen and oxygen atoms in total. The minimum absolute atomic E-state index is 0.0733. The summed E-state index contributed by atoms with van der Waals surface area (Å²) in [5.74, 6) is -1.29. The summed E-state index contributed by atoms with van der Waals surface area (Å²) >= 11 is 0. The first-order valence-corrected chi connectivity index (χ1v) is 12.3. The van der Waals surface area contributed by atoms with Gasteiger partial charge in [0.05, 0.1) is 12.2 Å². The molecule has 3 aromatic carbocycles. The lowest BCUT2D eigenvalue weighted by atomic mass is 9.99. The van der Waals surface area contributed by atoms with Crippen molar-refractivity contribution in [3.05, 3.63) is 102 Å². The van der Waals surface area contributed by atoms with Gasteiger partial charge in [-0.05, 0) is 28.8 Å². The number of amides is 1. The molecule has 1 N–H and O–H groups in total. The van der Waals surface area contributed by atoms with E-state index in [2.05, 4.69) is 5.32 Å². The molecule has 0 saturated heterocycles. The van der Waals surface area contributed by atoms with Crippen molar-refractivity contribution in [2.45, 2.75) is 19.1 Å². The minimum Gasteiger partial charge on any atom is -0.460 e. The van der Waals surface area contributed by atoms with Crippen LogP contribution in [-0.2, 0) is 37.6 Å². The Kier molecular flexibility index (Phi) is 8.64. The van der Waals surface area contributed by atoms with Gasteiger partial charge < -0.3 is 19.0 Å². The van der Waals surface area contributed by atoms with E-state index < -0.39 is 28.1 Å². The molecule has 0 radical (unpaired) electrons. The number of nitrogens with one attached hydrogen (secondary N) is 1. The lowest BCUT2D eigenvalue weighted by Gasteiger charge is -2.18. The Hall–Kier alpha value is -3.85. The number of carbonyl (C=O) groups is 2. The topological polar surface area (TPSA) is 108 Å². The van der Waals surface area contributed by atoms with E-state index in [9.17, 15) is 18.0 Å². The Morgan fingerprint density at radius 2 is 1.32 bits per heavy atom. The molecule has 0 bridgehead atoms. The third-order valence-electron chi connectivity index (χ3n) is 4.70. The SMILES string of the molecule is CS(=O)(=O)Oc1ccc(C(CNC(=O)OCc2ccccc2)C(=O)OCc2ccccc2)cc1. The van der Waals surface area contributed by atoms with E-state index in [1.54, 1.807) is 12.1 Å². The third-order valence-corrected chi connectivity index (χ3v) is 5.20. The van der Waals surface area contributed by atoms with E-state index in [4.69, 9.17) is 13.7 Å². The van der Waals surface area contributed by atoms with Crippen molar-refractivity contribution in [2.24, 2.45) is 0 Å². The molecule has 1 atom stereocenters. The maximum absolute atomic E-state index is 12.9. The first-order valence-electron chi connectivity index (χ1n) is 10.4. The molecule has 0 aliphatic rings. The Morgan fingerprint density at radius 3 is 1.85 bits per heavy atom. The van der Waals surface area contributed by atoms with Crippen molar-refractivity contribution < 1.29 is 31.7 Å². The van der Waals surface area contributed by atoms with Gasteiger partial charge in [-0.1, -0.05) is 72.8 Å². The maximum atomic E-state index is 12.9. The number of carbonyl (C=O) groups excluding carboxylic acids is 2. The highest BCUT2D eigenvalue weighted by Gasteiger charge is 2.24. The smallest absolute Gasteiger partial charge is 0.407 e. The number of alkyl carbamates (subject to hydrolysis) is 1. The van der Waals surface area contributed by atoms with Crippen molar-refractivity contribution in [2.75, 3.05) is 12.8 Å². The maximum Gasteiger partial charge on any atom is 0.407 e. The molecule has 3 aromatic rings. The highest BCUT2D eigenvalue weighted by molar-refractivity contribution is 7.86. The van der Waals surface area contributed by atoms with Gasteiger partial charge in [-0.15, -0.1) is 0 Å². The molecular formula is C25H25NO7S. The van der Waals surface area contributed by atoms with Crippen LogP contribution in [0, 0.1) is 0 Å². The number of esters is 1. The first kappa shape index (κ1) is 24.8. The molecule has 0 saturated carbocycles. The first-order chi connectivity index (χ1) is 16.3. The largest absolute Gasteiger partial charge is 0.460 e. The Bertz CT molecular complexity index is 1180. The highest BCUT2D eigenvalue weighted by atomic mass is 32.2. The molecule has 3 rings (SSSR count). The Labute approximate surface area is 198 Å². The second-order valence-electron chi connectivity index (χ2n) is 7.45. The fourth-order valence-electron chi connectivity index (χ4n) is 3.06. The lowest BCUT2D eigenvalue weighted by Crippen LogP contribution is -2.33. The van der Waals surface area contributed by atoms with Crippen LogP contribution in [0.1, 0.15) is 22.6 Å². The van der Waals surface area contributed by atoms with E-state index in [0.29, 0.717) is 5.56 Å². The van der Waals surface area contributed by atoms with Crippen molar-refractivity contribution in [1.82, 2.24) is 5.32 Å². The van der Waals surface area contributed by atoms with Gasteiger partial charge in [0, 0.05) is 6.54 Å². The summed E-state index contributed by atoms with van der Waals surface area (Å²) in [6.07, 6.45) is 0.261. The Morgan fingerprint density at radius 1 is 0.794 bits per heavy atom. The average Bonchev–Trinajstić information content (AvgIpc) is 2.83. The predicted molar refractivity (Wildman–Crippen MR) is 126 cm³/mol. The lowest BCUT2D eigenvalue weighted by molar-refractivity contribution is -0.146. The monoisotopic (exact) mass is 483 g/mol. The molecule has 34 heavy (non-hydrogen) atoms. The molecule has 1 amide bonds. The van der Waals surface area contributed by atoms with E-state index in [1.165, 1.54) is 12.1 Å². The van der Waals surface area contributed by atoms with Crippen molar-refractivity contribution in [3.63, 3.8) is 0 Å². The number of ether oxygens (including phenoxy) is 2. The van der Waals surface area contributed by atoms with Crippen molar-refractivity contribution in [3.8, 4) is 5.75 Å². The average molecular weight is 484 g/mol. The molecule has 9 heteroatoms. The van der Waals surface area contributed by atoms with Crippen molar-refractivity contribution in [1.29, 1.82) is 0 Å². The fraction of sp³-hybridized carbons (Fsp3) is 0.200. The molecule has 0 spiro atoms. The summed E-state index contributed by atoms with van der Waals surface area (Å²) in [5, 5.41) is 2.59. The van der Waals surface area contributed by atoms with Gasteiger partial charge in [-0.2, -0.15) is 8.42 Å². The quantitative estimate of drug-likeness (QED) is 0.345. The van der Waals surface area contributed by atoms with E-state index in [1.807, 2.05) is 60.7 Å². The van der Waals surface area contributed by atoms with Crippen LogP contribution in [0.5, 0.6) is 5.75 Å². The van der Waals surface area contributed by atoms with Crippen LogP contribution >= 0.6 is 0 Å². The van der Waals surface area contributed by atoms with Gasteiger partial charge in [0.2, 0.25) is 0 Å². The minimum atomic E-state index is -3.68. The van der Waals surface area contributed by atoms with Crippen LogP contribution in [0.3, 0.4) is 0 Å². The molecule has 178 valence electrons. The number of hydrogen-bond acceptors (Lipinski definition) is 7. The summed E-state index contributed by atoms with van der Waals surface area (Å²) in [6, 6.07) is 24.4. The second kappa shape index (κ2) is 11.9. The van der Waals surface area contributed by atoms with Crippen molar-refractivity contribution >= 4 is 22.2 Å². The zero-order chi connectivity index (χ0) is 24.4. The standard InChI is InChI=1S/C25H25NO7S/c1-34(29,30)33-22-14-12-21(13-15-22)23(24(27)31-17-19-8-4-2-5-9-19)16-26-25(28)32-18-20-10-6-3-7-11-20/h2-15,23H,16-18H2,1H3,(H,26,28). The number of hydrogen-bond donors (Lipinski definition) is 1. The van der Waals surface area contributed by atoms with Crippen LogP contribution in [0.2, 0.25) is 0 Å². The van der Waals surface area contributed by atoms with Crippen LogP contribution in [-0.4, -0.2) is 33.3 Å². The molecule has 0 heterocycles. The van der Waals surface area contributed by atoms with E-state index in [0.717, 1.165) is 17.4 Å². The summed E-state index contributed by atoms with van der Waals surface area (Å²) in [6.45, 7) is 0.0880. The van der Waals surface area contributed by atoms with Gasteiger partial charge in [0.1, 0.15) is 19.0 Å². The summed E-state index contributed by atoms with van der Waals surface area (Å²) in [4.78, 5) is 25.1. The molecule has 0 aliphatic carbocycles. The number of rotatable bonds is 10. The third kappa shape index (κ3) is 8.25. The van der Waals surface area contributed by atoms with E-state index in [-0.39, 0.29) is 25.5 Å². The van der Waals surface area contributed by atoms with Gasteiger partial charge in [-0.3, -0.25) is 4.79 Å². The predicted octanol–water partition coefficient (Wildman–Crippen LogP) is 3.78. The van der Waals surface area contributed by atoms with Gasteiger partial charge >= 0.3 is 22.2 Å². The molecular weight excluding hydrogens is 458 g/mol. The Balaban J connectivity index is 1.66. The van der Waals surface area contributed by atoms with Crippen LogP contribution in [0.4, 0.5) is 4.79 Å². The highest BCUT2D eigenvalue weighted by Crippen LogP contribution is 2.22. The molecule has 1 unspecified atom stereocenters. The summed E-state index contributed by atoms with van der Waals surface area (Å²) in [5.41, 5.74) is 2.17. The summed E-state index contributed by atoms with van der Waals surface area (Å²) < 4.78 is 38.2. The van der Waals surface area contributed by atoms with E-state index >= 15 is 0 Å². The molecule has 0 fully saturated rings. The van der Waals surface area contributed by atoms with Gasteiger partial charge in [0.15, 0.2) is 0 Å². The number of benzene rings is 3. The molecule has 0 aromatic heterocycles. The second-order valence-corrected chi connectivity index (χ2v) is 9.02. The van der Waals surface area contributed by atoms with Crippen LogP contribution < -0.4 is 9.50 Å². The zero-order valence-electron chi connectivity index (χ0n) is 18.5. The van der Waals surface area contributed by atoms with Gasteiger partial charge in [-0.25, -0.2) is 4.79 Å². The normalized spacial score (nSPS) is 11.8. The van der Waals surface area contributed by atoms with Gasteiger partial charge in [0.25, 0.3) is 0 Å². The molecule has 0 aliphatic heterocycles. The summed E-state index contributed by atoms with van der Waals surface area (Å²) in [7, 11) is -3.68. The fourth-order valence-corrected chi connectivity index (χ4v) is 3.52.